The van der Waals surface area contributed by atoms with E-state index in [1.165, 1.54) is 6.42 Å². The minimum atomic E-state index is -0.00700. The van der Waals surface area contributed by atoms with Gasteiger partial charge in [-0.1, -0.05) is 81.0 Å². The van der Waals surface area contributed by atoms with Crippen LogP contribution in [-0.2, 0) is 13.0 Å². The van der Waals surface area contributed by atoms with Gasteiger partial charge in [-0.25, -0.2) is 9.89 Å². The lowest BCUT2D eigenvalue weighted by atomic mass is 9.95. The molecule has 1 aliphatic rings. The summed E-state index contributed by atoms with van der Waals surface area (Å²) in [5.41, 5.74) is 4.61. The molecule has 9 heteroatoms. The van der Waals surface area contributed by atoms with Crippen LogP contribution in [0.15, 0.2) is 47.4 Å². The number of aromatic nitrogens is 7. The Hall–Kier alpha value is -3.26. The number of unbranched alkanes of at least 4 members (excludes halogenated alkanes) is 2. The van der Waals surface area contributed by atoms with E-state index >= 15 is 0 Å². The van der Waals surface area contributed by atoms with Crippen LogP contribution in [0.4, 0.5) is 0 Å². The standard InChI is InChI=1S/C27H32ClN7O/c1-2-3-5-14-24-25(28)35(21-10-6-4-7-11-21)27(36)34(24)18-20-16-15-19(17-29-20)22-12-8-9-13-23(22)26-30-32-33-31-26/h8-9,12-13,15-17,21H,2-7,10-11,14,18H2,1H3,(H,30,31,32,33). The summed E-state index contributed by atoms with van der Waals surface area (Å²) in [7, 11) is 0. The number of imidazole rings is 1. The molecule has 1 aromatic carbocycles. The van der Waals surface area contributed by atoms with Crippen molar-refractivity contribution in [1.29, 1.82) is 0 Å². The van der Waals surface area contributed by atoms with Gasteiger partial charge in [0.2, 0.25) is 0 Å². The average molecular weight is 506 g/mol. The van der Waals surface area contributed by atoms with Gasteiger partial charge >= 0.3 is 5.69 Å². The number of hydrogen-bond donors (Lipinski definition) is 1. The Kier molecular flexibility index (Phi) is 7.60. The monoisotopic (exact) mass is 505 g/mol. The summed E-state index contributed by atoms with van der Waals surface area (Å²) >= 11 is 6.89. The van der Waals surface area contributed by atoms with Crippen LogP contribution in [0.25, 0.3) is 22.5 Å². The number of pyridine rings is 1. The zero-order valence-corrected chi connectivity index (χ0v) is 21.4. The minimum Gasteiger partial charge on any atom is -0.289 e. The lowest BCUT2D eigenvalue weighted by molar-refractivity contribution is 0.344. The fraction of sp³-hybridized carbons (Fsp3) is 0.444. The van der Waals surface area contributed by atoms with Crippen molar-refractivity contribution in [2.24, 2.45) is 0 Å². The van der Waals surface area contributed by atoms with E-state index in [0.717, 1.165) is 79.4 Å². The molecule has 1 N–H and O–H groups in total. The summed E-state index contributed by atoms with van der Waals surface area (Å²) in [5.74, 6) is 0.608. The fourth-order valence-electron chi connectivity index (χ4n) is 5.23. The number of tetrazole rings is 1. The van der Waals surface area contributed by atoms with Gasteiger partial charge in [0, 0.05) is 23.4 Å². The Balaban J connectivity index is 1.45. The van der Waals surface area contributed by atoms with Crippen LogP contribution < -0.4 is 5.69 Å². The van der Waals surface area contributed by atoms with E-state index in [9.17, 15) is 4.79 Å². The molecule has 1 saturated carbocycles. The number of hydrogen-bond acceptors (Lipinski definition) is 5. The second kappa shape index (κ2) is 11.2. The SMILES string of the molecule is CCCCCc1c(Cl)n(C2CCCCC2)c(=O)n1Cc1ccc(-c2ccccc2-c2nnn[nH]2)cn1. The van der Waals surface area contributed by atoms with Gasteiger partial charge in [0.25, 0.3) is 0 Å². The maximum absolute atomic E-state index is 13.6. The smallest absolute Gasteiger partial charge is 0.289 e. The lowest BCUT2D eigenvalue weighted by Crippen LogP contribution is -2.29. The molecule has 1 aliphatic carbocycles. The number of rotatable bonds is 9. The first-order chi connectivity index (χ1) is 17.7. The molecule has 0 radical (unpaired) electrons. The number of nitrogens with one attached hydrogen (secondary N) is 1. The normalized spacial score (nSPS) is 14.4. The first kappa shape index (κ1) is 24.4. The number of benzene rings is 1. The molecule has 0 saturated heterocycles. The van der Waals surface area contributed by atoms with E-state index < -0.39 is 0 Å². The molecular weight excluding hydrogens is 474 g/mol. The molecule has 0 unspecified atom stereocenters. The van der Waals surface area contributed by atoms with Gasteiger partial charge in [-0.15, -0.1) is 5.10 Å². The second-order valence-corrected chi connectivity index (χ2v) is 9.92. The molecule has 0 spiro atoms. The molecule has 5 rings (SSSR count). The van der Waals surface area contributed by atoms with E-state index in [2.05, 4.69) is 27.5 Å². The molecule has 8 nitrogen and oxygen atoms in total. The zero-order chi connectivity index (χ0) is 24.9. The van der Waals surface area contributed by atoms with Gasteiger partial charge in [0.1, 0.15) is 5.15 Å². The molecular formula is C27H32ClN7O. The van der Waals surface area contributed by atoms with Crippen molar-refractivity contribution in [1.82, 2.24) is 34.7 Å². The lowest BCUT2D eigenvalue weighted by Gasteiger charge is -2.22. The fourth-order valence-corrected chi connectivity index (χ4v) is 5.64. The van der Waals surface area contributed by atoms with Crippen molar-refractivity contribution in [3.63, 3.8) is 0 Å². The Morgan fingerprint density at radius 2 is 1.86 bits per heavy atom. The van der Waals surface area contributed by atoms with Crippen LogP contribution in [0.2, 0.25) is 5.15 Å². The maximum atomic E-state index is 13.6. The van der Waals surface area contributed by atoms with Crippen molar-refractivity contribution < 1.29 is 0 Å². The van der Waals surface area contributed by atoms with Gasteiger partial charge in [-0.2, -0.15) is 0 Å². The molecule has 0 bridgehead atoms. The third-order valence-corrected chi connectivity index (χ3v) is 7.55. The highest BCUT2D eigenvalue weighted by Gasteiger charge is 2.25. The summed E-state index contributed by atoms with van der Waals surface area (Å²) in [6, 6.07) is 12.1. The van der Waals surface area contributed by atoms with E-state index in [0.29, 0.717) is 17.5 Å². The first-order valence-electron chi connectivity index (χ1n) is 12.9. The highest BCUT2D eigenvalue weighted by Crippen LogP contribution is 2.32. The van der Waals surface area contributed by atoms with Gasteiger partial charge in [-0.05, 0) is 47.7 Å². The Morgan fingerprint density at radius 1 is 1.06 bits per heavy atom. The number of aromatic amines is 1. The Morgan fingerprint density at radius 3 is 2.56 bits per heavy atom. The van der Waals surface area contributed by atoms with Crippen LogP contribution in [0.3, 0.4) is 0 Å². The third kappa shape index (κ3) is 5.00. The Bertz CT molecular complexity index is 1340. The van der Waals surface area contributed by atoms with Crippen molar-refractivity contribution in [3.05, 3.63) is 69.6 Å². The van der Waals surface area contributed by atoms with Gasteiger partial charge in [0.15, 0.2) is 5.82 Å². The van der Waals surface area contributed by atoms with Crippen LogP contribution >= 0.6 is 11.6 Å². The predicted octanol–water partition coefficient (Wildman–Crippen LogP) is 5.83. The number of H-pyrrole nitrogens is 1. The highest BCUT2D eigenvalue weighted by atomic mass is 35.5. The van der Waals surface area contributed by atoms with Crippen LogP contribution in [-0.4, -0.2) is 34.7 Å². The molecule has 0 aliphatic heterocycles. The second-order valence-electron chi connectivity index (χ2n) is 9.56. The first-order valence-corrected chi connectivity index (χ1v) is 13.3. The van der Waals surface area contributed by atoms with Crippen molar-refractivity contribution >= 4 is 11.6 Å². The molecule has 36 heavy (non-hydrogen) atoms. The molecule has 3 aromatic heterocycles. The quantitative estimate of drug-likeness (QED) is 0.289. The third-order valence-electron chi connectivity index (χ3n) is 7.15. The van der Waals surface area contributed by atoms with Crippen molar-refractivity contribution in [2.45, 2.75) is 77.3 Å². The summed E-state index contributed by atoms with van der Waals surface area (Å²) in [6.45, 7) is 2.60. The molecule has 188 valence electrons. The van der Waals surface area contributed by atoms with Crippen LogP contribution in [0.1, 0.15) is 75.7 Å². The molecule has 3 heterocycles. The largest absolute Gasteiger partial charge is 0.330 e. The summed E-state index contributed by atoms with van der Waals surface area (Å²) in [6.07, 6.45) is 11.5. The average Bonchev–Trinajstić information content (AvgIpc) is 3.53. The molecule has 1 fully saturated rings. The van der Waals surface area contributed by atoms with Gasteiger partial charge < -0.3 is 0 Å². The highest BCUT2D eigenvalue weighted by molar-refractivity contribution is 6.30. The van der Waals surface area contributed by atoms with Crippen LogP contribution in [0, 0.1) is 0 Å². The predicted molar refractivity (Wildman–Crippen MR) is 141 cm³/mol. The number of nitrogens with zero attached hydrogens (tertiary/aromatic N) is 6. The maximum Gasteiger partial charge on any atom is 0.330 e. The minimum absolute atomic E-state index is 0.00700. The molecule has 0 amide bonds. The van der Waals surface area contributed by atoms with Crippen molar-refractivity contribution in [3.8, 4) is 22.5 Å². The van der Waals surface area contributed by atoms with Gasteiger partial charge in [0.05, 0.1) is 17.9 Å². The van der Waals surface area contributed by atoms with Gasteiger partial charge in [-0.3, -0.25) is 14.1 Å². The van der Waals surface area contributed by atoms with E-state index in [-0.39, 0.29) is 11.7 Å². The summed E-state index contributed by atoms with van der Waals surface area (Å²) < 4.78 is 3.71. The van der Waals surface area contributed by atoms with E-state index in [1.54, 1.807) is 0 Å². The van der Waals surface area contributed by atoms with E-state index in [1.807, 2.05) is 51.7 Å². The molecule has 0 atom stereocenters. The summed E-state index contributed by atoms with van der Waals surface area (Å²) in [4.78, 5) is 18.3. The van der Waals surface area contributed by atoms with Crippen LogP contribution in [0.5, 0.6) is 0 Å². The van der Waals surface area contributed by atoms with E-state index in [4.69, 9.17) is 16.6 Å². The topological polar surface area (TPSA) is 94.3 Å². The summed E-state index contributed by atoms with van der Waals surface area (Å²) in [5, 5.41) is 14.9. The zero-order valence-electron chi connectivity index (χ0n) is 20.7. The molecule has 4 aromatic rings. The number of halogens is 1. The van der Waals surface area contributed by atoms with Crippen molar-refractivity contribution in [2.75, 3.05) is 0 Å². The Labute approximate surface area is 215 Å².